The van der Waals surface area contributed by atoms with Crippen LogP contribution in [-0.4, -0.2) is 10.8 Å². The molecule has 0 aliphatic carbocycles. The van der Waals surface area contributed by atoms with E-state index in [0.29, 0.717) is 5.56 Å². The van der Waals surface area contributed by atoms with Gasteiger partial charge in [0, 0.05) is 35.3 Å². The van der Waals surface area contributed by atoms with E-state index in [9.17, 15) is 13.6 Å². The van der Waals surface area contributed by atoms with Crippen LogP contribution in [0.1, 0.15) is 15.9 Å². The molecule has 0 bridgehead atoms. The Morgan fingerprint density at radius 3 is 2.56 bits per heavy atom. The van der Waals surface area contributed by atoms with Crippen LogP contribution >= 0.6 is 0 Å². The van der Waals surface area contributed by atoms with E-state index in [1.54, 1.807) is 6.20 Å². The molecule has 82 valence electrons. The Hall–Kier alpha value is -2.17. The number of benzene rings is 1. The number of hydrogen-bond donors (Lipinski definition) is 2. The first kappa shape index (κ1) is 10.4. The molecule has 1 heterocycles. The molecule has 1 aromatic carbocycles. The molecular weight excluding hydrogens is 214 g/mol. The Kier molecular flexibility index (Phi) is 2.44. The number of anilines is 1. The van der Waals surface area contributed by atoms with Gasteiger partial charge >= 0.3 is 0 Å². The minimum atomic E-state index is -1.09. The Morgan fingerprint density at radius 2 is 1.94 bits per heavy atom. The zero-order chi connectivity index (χ0) is 11.7. The quantitative estimate of drug-likeness (QED) is 0.603. The van der Waals surface area contributed by atoms with Crippen molar-refractivity contribution in [2.75, 3.05) is 5.73 Å². The van der Waals surface area contributed by atoms with Gasteiger partial charge in [-0.25, -0.2) is 8.78 Å². The van der Waals surface area contributed by atoms with Crippen LogP contribution in [0.15, 0.2) is 30.6 Å². The Labute approximate surface area is 89.9 Å². The molecule has 2 rings (SSSR count). The predicted molar refractivity (Wildman–Crippen MR) is 55.0 cm³/mol. The van der Waals surface area contributed by atoms with Crippen molar-refractivity contribution >= 4 is 11.5 Å². The molecule has 3 N–H and O–H groups in total. The molecule has 0 saturated carbocycles. The molecule has 5 heteroatoms. The number of ketones is 1. The fourth-order valence-electron chi connectivity index (χ4n) is 1.38. The van der Waals surface area contributed by atoms with E-state index < -0.39 is 17.4 Å². The second-order valence-corrected chi connectivity index (χ2v) is 3.28. The van der Waals surface area contributed by atoms with Crippen molar-refractivity contribution in [1.82, 2.24) is 4.98 Å². The maximum absolute atomic E-state index is 13.0. The third kappa shape index (κ3) is 1.67. The largest absolute Gasteiger partial charge is 0.398 e. The fourth-order valence-corrected chi connectivity index (χ4v) is 1.38. The summed E-state index contributed by atoms with van der Waals surface area (Å²) in [4.78, 5) is 14.5. The number of nitrogen functional groups attached to an aromatic ring is 1. The molecule has 0 atom stereocenters. The zero-order valence-electron chi connectivity index (χ0n) is 8.13. The summed E-state index contributed by atoms with van der Waals surface area (Å²) in [6.07, 6.45) is 3.02. The third-order valence-corrected chi connectivity index (χ3v) is 2.20. The first-order valence-corrected chi connectivity index (χ1v) is 4.51. The van der Waals surface area contributed by atoms with Gasteiger partial charge in [0.25, 0.3) is 0 Å². The molecule has 0 aliphatic rings. The van der Waals surface area contributed by atoms with Crippen LogP contribution in [-0.2, 0) is 0 Å². The van der Waals surface area contributed by atoms with Gasteiger partial charge in [-0.05, 0) is 12.1 Å². The van der Waals surface area contributed by atoms with E-state index >= 15 is 0 Å². The number of hydrogen-bond acceptors (Lipinski definition) is 2. The molecule has 0 amide bonds. The van der Waals surface area contributed by atoms with Gasteiger partial charge in [-0.2, -0.15) is 0 Å². The summed E-state index contributed by atoms with van der Waals surface area (Å²) < 4.78 is 25.8. The monoisotopic (exact) mass is 222 g/mol. The number of rotatable bonds is 2. The maximum Gasteiger partial charge on any atom is 0.196 e. The van der Waals surface area contributed by atoms with Crippen molar-refractivity contribution in [2.45, 2.75) is 0 Å². The minimum absolute atomic E-state index is 0.0431. The molecule has 0 radical (unpaired) electrons. The average Bonchev–Trinajstić information content (AvgIpc) is 2.75. The second-order valence-electron chi connectivity index (χ2n) is 3.28. The predicted octanol–water partition coefficient (Wildman–Crippen LogP) is 2.11. The molecule has 0 fully saturated rings. The van der Waals surface area contributed by atoms with E-state index in [2.05, 4.69) is 4.98 Å². The van der Waals surface area contributed by atoms with Crippen molar-refractivity contribution in [2.24, 2.45) is 0 Å². The maximum atomic E-state index is 13.0. The highest BCUT2D eigenvalue weighted by atomic mass is 19.2. The van der Waals surface area contributed by atoms with E-state index in [-0.39, 0.29) is 11.3 Å². The van der Waals surface area contributed by atoms with Gasteiger partial charge in [-0.15, -0.1) is 0 Å². The number of aromatic amines is 1. The Bertz CT molecular complexity index is 535. The van der Waals surface area contributed by atoms with Crippen molar-refractivity contribution in [3.63, 3.8) is 0 Å². The third-order valence-electron chi connectivity index (χ3n) is 2.20. The summed E-state index contributed by atoms with van der Waals surface area (Å²) >= 11 is 0. The molecule has 3 nitrogen and oxygen atoms in total. The number of halogens is 2. The molecular formula is C11H8F2N2O. The van der Waals surface area contributed by atoms with Gasteiger partial charge in [-0.1, -0.05) is 0 Å². The van der Waals surface area contributed by atoms with Crippen molar-refractivity contribution in [1.29, 1.82) is 0 Å². The Balaban J connectivity index is 2.49. The van der Waals surface area contributed by atoms with Crippen LogP contribution in [0, 0.1) is 11.6 Å². The number of aromatic nitrogens is 1. The van der Waals surface area contributed by atoms with E-state index in [4.69, 9.17) is 5.73 Å². The minimum Gasteiger partial charge on any atom is -0.398 e. The van der Waals surface area contributed by atoms with Gasteiger partial charge in [-0.3, -0.25) is 4.79 Å². The number of nitrogens with two attached hydrogens (primary N) is 1. The van der Waals surface area contributed by atoms with E-state index in [1.165, 1.54) is 12.3 Å². The lowest BCUT2D eigenvalue weighted by atomic mass is 10.0. The van der Waals surface area contributed by atoms with Crippen LogP contribution < -0.4 is 5.73 Å². The van der Waals surface area contributed by atoms with Crippen LogP contribution in [0.2, 0.25) is 0 Å². The average molecular weight is 222 g/mol. The SMILES string of the molecule is Nc1cc(F)c(F)cc1C(=O)c1cc[nH]c1. The smallest absolute Gasteiger partial charge is 0.196 e. The number of H-pyrrole nitrogens is 1. The fraction of sp³-hybridized carbons (Fsp3) is 0. The van der Waals surface area contributed by atoms with Crippen molar-refractivity contribution in [3.05, 3.63) is 53.4 Å². The number of carbonyl (C=O) groups is 1. The summed E-state index contributed by atoms with van der Waals surface area (Å²) in [5.74, 6) is -2.60. The van der Waals surface area contributed by atoms with Gasteiger partial charge in [0.2, 0.25) is 0 Å². The highest BCUT2D eigenvalue weighted by Gasteiger charge is 2.16. The number of nitrogens with one attached hydrogen (secondary N) is 1. The van der Waals surface area contributed by atoms with Gasteiger partial charge < -0.3 is 10.7 Å². The van der Waals surface area contributed by atoms with Gasteiger partial charge in [0.15, 0.2) is 17.4 Å². The van der Waals surface area contributed by atoms with Crippen molar-refractivity contribution < 1.29 is 13.6 Å². The van der Waals surface area contributed by atoms with E-state index in [1.807, 2.05) is 0 Å². The lowest BCUT2D eigenvalue weighted by molar-refractivity contribution is 0.103. The molecule has 0 unspecified atom stereocenters. The summed E-state index contributed by atoms with van der Waals surface area (Å²) in [7, 11) is 0. The van der Waals surface area contributed by atoms with Crippen LogP contribution in [0.25, 0.3) is 0 Å². The summed E-state index contributed by atoms with van der Waals surface area (Å²) in [5, 5.41) is 0. The molecule has 16 heavy (non-hydrogen) atoms. The first-order valence-electron chi connectivity index (χ1n) is 4.51. The lowest BCUT2D eigenvalue weighted by Gasteiger charge is -2.04. The highest BCUT2D eigenvalue weighted by Crippen LogP contribution is 2.20. The molecule has 2 aromatic rings. The topological polar surface area (TPSA) is 58.9 Å². The summed E-state index contributed by atoms with van der Waals surface area (Å²) in [6, 6.07) is 3.14. The normalized spacial score (nSPS) is 10.4. The molecule has 0 spiro atoms. The highest BCUT2D eigenvalue weighted by molar-refractivity contribution is 6.11. The molecule has 1 aromatic heterocycles. The summed E-state index contributed by atoms with van der Waals surface area (Å²) in [5.41, 5.74) is 5.68. The van der Waals surface area contributed by atoms with Crippen LogP contribution in [0.4, 0.5) is 14.5 Å². The molecule has 0 aliphatic heterocycles. The van der Waals surface area contributed by atoms with Crippen molar-refractivity contribution in [3.8, 4) is 0 Å². The lowest BCUT2D eigenvalue weighted by Crippen LogP contribution is -2.06. The summed E-state index contributed by atoms with van der Waals surface area (Å²) in [6.45, 7) is 0. The second kappa shape index (κ2) is 3.77. The number of carbonyl (C=O) groups excluding carboxylic acids is 1. The Morgan fingerprint density at radius 1 is 1.25 bits per heavy atom. The molecule has 0 saturated heterocycles. The van der Waals surface area contributed by atoms with Gasteiger partial charge in [0.1, 0.15) is 0 Å². The standard InChI is InChI=1S/C11H8F2N2O/c12-8-3-7(10(14)4-9(8)13)11(16)6-1-2-15-5-6/h1-5,15H,14H2. The van der Waals surface area contributed by atoms with Crippen LogP contribution in [0.5, 0.6) is 0 Å². The van der Waals surface area contributed by atoms with Gasteiger partial charge in [0.05, 0.1) is 0 Å². The van der Waals surface area contributed by atoms with Crippen LogP contribution in [0.3, 0.4) is 0 Å². The zero-order valence-corrected chi connectivity index (χ0v) is 8.13. The first-order chi connectivity index (χ1) is 7.59. The van der Waals surface area contributed by atoms with E-state index in [0.717, 1.165) is 12.1 Å².